The Kier molecular flexibility index (Phi) is 29.0. The predicted molar refractivity (Wildman–Crippen MR) is 204 cm³/mol. The third-order valence-corrected chi connectivity index (χ3v) is 9.78. The van der Waals surface area contributed by atoms with Crippen LogP contribution in [0.1, 0.15) is 136 Å². The van der Waals surface area contributed by atoms with E-state index >= 15 is 0 Å². The molecule has 1 aliphatic heterocycles. The Bertz CT molecular complexity index is 1090. The van der Waals surface area contributed by atoms with Gasteiger partial charge in [0.2, 0.25) is 0 Å². The van der Waals surface area contributed by atoms with Gasteiger partial charge in [-0.15, -0.1) is 0 Å². The van der Waals surface area contributed by atoms with Crippen molar-refractivity contribution >= 4 is 19.8 Å². The lowest BCUT2D eigenvalue weighted by atomic mass is 9.87. The summed E-state index contributed by atoms with van der Waals surface area (Å²) in [6.45, 7) is 3.23. The van der Waals surface area contributed by atoms with E-state index < -0.39 is 57.1 Å². The predicted octanol–water partition coefficient (Wildman–Crippen LogP) is 6.71. The molecule has 1 aliphatic rings. The number of ether oxygens (including phenoxy) is 3. The quantitative estimate of drug-likeness (QED) is 0.0209. The number of esters is 2. The second-order valence-electron chi connectivity index (χ2n) is 13.7. The van der Waals surface area contributed by atoms with Crippen LogP contribution in [0.4, 0.5) is 0 Å². The summed E-state index contributed by atoms with van der Waals surface area (Å²) < 4.78 is 38.3. The summed E-state index contributed by atoms with van der Waals surface area (Å²) in [5.41, 5.74) is 5.33. The van der Waals surface area contributed by atoms with Crippen LogP contribution in [0.15, 0.2) is 36.5 Å². The van der Waals surface area contributed by atoms with Gasteiger partial charge in [-0.1, -0.05) is 102 Å². The van der Waals surface area contributed by atoms with E-state index in [1.807, 2.05) is 12.2 Å². The minimum Gasteiger partial charge on any atom is -0.462 e. The van der Waals surface area contributed by atoms with Crippen LogP contribution in [0.2, 0.25) is 0 Å². The number of phosphoric ester groups is 1. The van der Waals surface area contributed by atoms with Crippen LogP contribution in [0.5, 0.6) is 0 Å². The molecule has 1 fully saturated rings. The van der Waals surface area contributed by atoms with Crippen molar-refractivity contribution in [3.8, 4) is 0 Å². The first-order valence-corrected chi connectivity index (χ1v) is 21.4. The summed E-state index contributed by atoms with van der Waals surface area (Å²) in [6.07, 6.45) is 22.3. The lowest BCUT2D eigenvalue weighted by Crippen LogP contribution is -2.43. The zero-order chi connectivity index (χ0) is 39.2. The van der Waals surface area contributed by atoms with Crippen molar-refractivity contribution in [1.29, 1.82) is 0 Å². The Morgan fingerprint density at radius 3 is 2.25 bits per heavy atom. The van der Waals surface area contributed by atoms with Crippen molar-refractivity contribution < 1.29 is 57.6 Å². The zero-order valence-electron chi connectivity index (χ0n) is 32.3. The lowest BCUT2D eigenvalue weighted by Gasteiger charge is -2.36. The molecule has 1 heterocycles. The minimum absolute atomic E-state index is 0.00752. The van der Waals surface area contributed by atoms with Gasteiger partial charge in [-0.05, 0) is 51.4 Å². The molecule has 0 aromatic carbocycles. The van der Waals surface area contributed by atoms with Crippen LogP contribution >= 0.6 is 7.82 Å². The maximum Gasteiger partial charge on any atom is 0.472 e. The highest BCUT2D eigenvalue weighted by Crippen LogP contribution is 2.43. The van der Waals surface area contributed by atoms with E-state index in [0.29, 0.717) is 32.1 Å². The van der Waals surface area contributed by atoms with Crippen LogP contribution in [0.3, 0.4) is 0 Å². The molecule has 308 valence electrons. The van der Waals surface area contributed by atoms with Gasteiger partial charge in [0.1, 0.15) is 6.61 Å². The summed E-state index contributed by atoms with van der Waals surface area (Å²) >= 11 is 0. The van der Waals surface area contributed by atoms with Gasteiger partial charge in [0.15, 0.2) is 12.4 Å². The molecule has 14 heteroatoms. The van der Waals surface area contributed by atoms with Gasteiger partial charge in [-0.2, -0.15) is 0 Å². The number of unbranched alkanes of at least 4 members (excludes halogenated alkanes) is 10. The van der Waals surface area contributed by atoms with E-state index in [1.165, 1.54) is 12.8 Å². The van der Waals surface area contributed by atoms with E-state index in [0.717, 1.165) is 57.8 Å². The summed E-state index contributed by atoms with van der Waals surface area (Å²) in [4.78, 5) is 34.9. The fraction of sp³-hybridized carbons (Fsp3) is 0.795. The average Bonchev–Trinajstić information content (AvgIpc) is 3.12. The highest BCUT2D eigenvalue weighted by molar-refractivity contribution is 7.47. The second kappa shape index (κ2) is 31.3. The van der Waals surface area contributed by atoms with Crippen LogP contribution < -0.4 is 5.73 Å². The Morgan fingerprint density at radius 2 is 1.51 bits per heavy atom. The summed E-state index contributed by atoms with van der Waals surface area (Å²) in [5, 5.41) is 30.9. The Labute approximate surface area is 317 Å². The average molecular weight is 776 g/mol. The first-order chi connectivity index (χ1) is 25.5. The molecule has 0 saturated carbocycles. The van der Waals surface area contributed by atoms with Crippen LogP contribution in [-0.2, 0) is 37.4 Å². The van der Waals surface area contributed by atoms with Crippen LogP contribution in [0.25, 0.3) is 0 Å². The van der Waals surface area contributed by atoms with Gasteiger partial charge in [-0.25, -0.2) is 4.57 Å². The second-order valence-corrected chi connectivity index (χ2v) is 15.1. The zero-order valence-corrected chi connectivity index (χ0v) is 33.2. The van der Waals surface area contributed by atoms with Crippen molar-refractivity contribution in [1.82, 2.24) is 0 Å². The first-order valence-electron chi connectivity index (χ1n) is 19.9. The first kappa shape index (κ1) is 49.1. The van der Waals surface area contributed by atoms with Crippen molar-refractivity contribution in [3.05, 3.63) is 36.5 Å². The van der Waals surface area contributed by atoms with E-state index in [-0.39, 0.29) is 44.9 Å². The molecule has 0 aromatic rings. The number of aliphatic hydroxyl groups excluding tert-OH is 3. The number of phosphoric acid groups is 1. The number of aliphatic hydroxyl groups is 3. The molecule has 13 nitrogen and oxygen atoms in total. The molecule has 0 spiro atoms. The van der Waals surface area contributed by atoms with E-state index in [2.05, 4.69) is 26.0 Å². The molecule has 7 atom stereocenters. The van der Waals surface area contributed by atoms with Crippen molar-refractivity contribution in [3.63, 3.8) is 0 Å². The molecular formula is C39H70NO12P. The van der Waals surface area contributed by atoms with E-state index in [1.54, 1.807) is 12.2 Å². The van der Waals surface area contributed by atoms with E-state index in [9.17, 15) is 34.4 Å². The van der Waals surface area contributed by atoms with Gasteiger partial charge in [0, 0.05) is 31.7 Å². The van der Waals surface area contributed by atoms with Gasteiger partial charge in [-0.3, -0.25) is 18.6 Å². The Balaban J connectivity index is 2.52. The van der Waals surface area contributed by atoms with Crippen molar-refractivity contribution in [2.24, 2.45) is 11.7 Å². The molecule has 2 unspecified atom stereocenters. The largest absolute Gasteiger partial charge is 0.472 e. The lowest BCUT2D eigenvalue weighted by molar-refractivity contribution is -0.199. The standard InChI is InChI=1S/C39H70NO12P/c1-3-5-7-8-9-10-11-12-13-14-19-23-37(43)48-30-33(31-50-53(46,47)49-28-27-40)51-38(44)24-20-16-15-18-22-34-35(42)29-39(45)52-36(34)26-25-32(41)21-17-6-4-2/h8-9,15,18,25-26,32-36,39,41-42,45H,3-7,10-14,16-17,19-24,27-31,40H2,1-2H3,(H,46,47)/b9-8-,18-15-,26-25+/t32-,33+,34-,35-,36+,39?/m0/s1. The van der Waals surface area contributed by atoms with Crippen molar-refractivity contribution in [2.45, 2.75) is 167 Å². The Morgan fingerprint density at radius 1 is 0.849 bits per heavy atom. The fourth-order valence-electron chi connectivity index (χ4n) is 5.71. The van der Waals surface area contributed by atoms with Gasteiger partial charge in [0.25, 0.3) is 0 Å². The molecule has 0 radical (unpaired) electrons. The van der Waals surface area contributed by atoms with Gasteiger partial charge >= 0.3 is 19.8 Å². The molecular weight excluding hydrogens is 705 g/mol. The highest BCUT2D eigenvalue weighted by Gasteiger charge is 2.35. The molecule has 0 aromatic heterocycles. The smallest absolute Gasteiger partial charge is 0.462 e. The maximum absolute atomic E-state index is 12.7. The van der Waals surface area contributed by atoms with Gasteiger partial charge in [0.05, 0.1) is 31.5 Å². The SMILES string of the molecule is CCCC/C=C\CCCCCCCC(=O)OC[C@H](COP(=O)(O)OCCN)OC(=O)CCC/C=C\C[C@H]1[C@@H](O)CC(O)O[C@@H]1/C=C/[C@@H](O)CCCCC. The van der Waals surface area contributed by atoms with E-state index in [4.69, 9.17) is 29.0 Å². The monoisotopic (exact) mass is 775 g/mol. The minimum atomic E-state index is -4.45. The maximum atomic E-state index is 12.7. The van der Waals surface area contributed by atoms with Crippen LogP contribution in [-0.4, -0.2) is 89.2 Å². The third kappa shape index (κ3) is 26.5. The normalized spacial score (nSPS) is 21.6. The fourth-order valence-corrected chi connectivity index (χ4v) is 6.48. The third-order valence-electron chi connectivity index (χ3n) is 8.79. The molecule has 6 N–H and O–H groups in total. The van der Waals surface area contributed by atoms with Crippen LogP contribution in [0, 0.1) is 5.92 Å². The Hall–Kier alpha value is -1.93. The molecule has 1 rings (SSSR count). The highest BCUT2D eigenvalue weighted by atomic mass is 31.2. The number of hydrogen-bond donors (Lipinski definition) is 5. The molecule has 0 bridgehead atoms. The number of allylic oxidation sites excluding steroid dienone is 4. The van der Waals surface area contributed by atoms with Gasteiger partial charge < -0.3 is 40.2 Å². The summed E-state index contributed by atoms with van der Waals surface area (Å²) in [6, 6.07) is 0. The molecule has 53 heavy (non-hydrogen) atoms. The number of nitrogens with two attached hydrogens (primary N) is 1. The van der Waals surface area contributed by atoms with Crippen molar-refractivity contribution in [2.75, 3.05) is 26.4 Å². The topological polar surface area (TPSA) is 204 Å². The summed E-state index contributed by atoms with van der Waals surface area (Å²) in [7, 11) is -4.45. The number of rotatable bonds is 32. The number of carbonyl (C=O) groups excluding carboxylic acids is 2. The molecule has 1 saturated heterocycles. The number of hydrogen-bond acceptors (Lipinski definition) is 12. The summed E-state index contributed by atoms with van der Waals surface area (Å²) in [5.74, 6) is -1.36. The molecule has 0 amide bonds. The number of carbonyl (C=O) groups is 2. The molecule has 0 aliphatic carbocycles.